The molecule has 156 valence electrons. The Morgan fingerprint density at radius 1 is 1.13 bits per heavy atom. The molecule has 8 heteroatoms. The van der Waals surface area contributed by atoms with Crippen LogP contribution < -0.4 is 5.32 Å². The summed E-state index contributed by atoms with van der Waals surface area (Å²) in [4.78, 5) is 29.5. The second-order valence-corrected chi connectivity index (χ2v) is 7.12. The van der Waals surface area contributed by atoms with Crippen molar-refractivity contribution in [3.8, 4) is 0 Å². The molecular formula is C22H23ClN4O3. The lowest BCUT2D eigenvalue weighted by molar-refractivity contribution is -0.145. The average Bonchev–Trinajstić information content (AvgIpc) is 3.00. The maximum Gasteiger partial charge on any atom is 0.333 e. The number of aromatic nitrogens is 3. The number of nitrogens with zero attached hydrogens (tertiary/aromatic N) is 3. The number of halogens is 1. The fourth-order valence-electron chi connectivity index (χ4n) is 3.25. The van der Waals surface area contributed by atoms with E-state index in [0.29, 0.717) is 17.8 Å². The minimum atomic E-state index is -1.01. The third-order valence-electron chi connectivity index (χ3n) is 4.65. The third-order valence-corrected chi connectivity index (χ3v) is 4.86. The van der Waals surface area contributed by atoms with Crippen LogP contribution in [0.1, 0.15) is 46.0 Å². The van der Waals surface area contributed by atoms with Gasteiger partial charge in [-0.15, -0.1) is 0 Å². The van der Waals surface area contributed by atoms with Crippen molar-refractivity contribution < 1.29 is 14.3 Å². The number of nitrogens with one attached hydrogen (secondary N) is 1. The van der Waals surface area contributed by atoms with Crippen LogP contribution in [0.4, 0.5) is 0 Å². The number of rotatable bonds is 7. The van der Waals surface area contributed by atoms with Crippen molar-refractivity contribution in [3.63, 3.8) is 0 Å². The molecular weight excluding hydrogens is 404 g/mol. The highest BCUT2D eigenvalue weighted by Gasteiger charge is 2.30. The van der Waals surface area contributed by atoms with Gasteiger partial charge in [0.05, 0.1) is 18.8 Å². The maximum atomic E-state index is 12.7. The van der Waals surface area contributed by atoms with E-state index in [9.17, 15) is 9.59 Å². The van der Waals surface area contributed by atoms with Gasteiger partial charge in [0, 0.05) is 11.3 Å². The second-order valence-electron chi connectivity index (χ2n) is 6.73. The summed E-state index contributed by atoms with van der Waals surface area (Å²) in [6.07, 6.45) is 0. The second kappa shape index (κ2) is 9.54. The predicted octanol–water partition coefficient (Wildman–Crippen LogP) is 3.63. The number of carbonyl (C=O) groups excluding carboxylic acids is 2. The topological polar surface area (TPSA) is 86.1 Å². The molecule has 30 heavy (non-hydrogen) atoms. The van der Waals surface area contributed by atoms with Crippen LogP contribution in [0.15, 0.2) is 48.5 Å². The first kappa shape index (κ1) is 21.5. The van der Waals surface area contributed by atoms with Gasteiger partial charge in [-0.3, -0.25) is 9.48 Å². The van der Waals surface area contributed by atoms with Crippen LogP contribution in [0.2, 0.25) is 5.15 Å². The molecule has 0 saturated carbocycles. The van der Waals surface area contributed by atoms with Crippen molar-refractivity contribution in [2.24, 2.45) is 0 Å². The number of aryl methyl sites for hydroxylation is 1. The highest BCUT2D eigenvalue weighted by molar-refractivity contribution is 6.29. The zero-order chi connectivity index (χ0) is 21.7. The summed E-state index contributed by atoms with van der Waals surface area (Å²) in [6.45, 7) is 6.13. The summed E-state index contributed by atoms with van der Waals surface area (Å²) in [5.41, 5.74) is 3.22. The molecule has 0 bridgehead atoms. The number of esters is 1. The van der Waals surface area contributed by atoms with Crippen LogP contribution in [0.25, 0.3) is 0 Å². The van der Waals surface area contributed by atoms with Crippen LogP contribution in [-0.4, -0.2) is 33.2 Å². The van der Waals surface area contributed by atoms with E-state index in [1.165, 1.54) is 6.07 Å². The number of benzene rings is 1. The summed E-state index contributed by atoms with van der Waals surface area (Å²) >= 11 is 5.89. The van der Waals surface area contributed by atoms with Crippen LogP contribution in [0.5, 0.6) is 0 Å². The Bertz CT molecular complexity index is 1050. The van der Waals surface area contributed by atoms with E-state index in [0.717, 1.165) is 11.3 Å². The largest absolute Gasteiger partial charge is 0.464 e. The van der Waals surface area contributed by atoms with Crippen molar-refractivity contribution in [2.45, 2.75) is 33.4 Å². The molecule has 0 aliphatic carbocycles. The highest BCUT2D eigenvalue weighted by Crippen LogP contribution is 2.24. The summed E-state index contributed by atoms with van der Waals surface area (Å²) in [6, 6.07) is 13.6. The lowest BCUT2D eigenvalue weighted by atomic mass is 10.0. The minimum absolute atomic E-state index is 0.115. The zero-order valence-electron chi connectivity index (χ0n) is 17.1. The fourth-order valence-corrected chi connectivity index (χ4v) is 3.42. The van der Waals surface area contributed by atoms with E-state index >= 15 is 0 Å². The predicted molar refractivity (Wildman–Crippen MR) is 113 cm³/mol. The molecule has 0 radical (unpaired) electrons. The van der Waals surface area contributed by atoms with Crippen molar-refractivity contribution in [1.82, 2.24) is 20.1 Å². The SMILES string of the molecule is CCOC(=O)[C@H](NC(=O)c1cccc(Cl)n1)c1c(C)nn(Cc2ccccc2)c1C. The Labute approximate surface area is 180 Å². The van der Waals surface area contributed by atoms with Gasteiger partial charge >= 0.3 is 5.97 Å². The molecule has 1 aromatic carbocycles. The first-order valence-corrected chi connectivity index (χ1v) is 9.96. The highest BCUT2D eigenvalue weighted by atomic mass is 35.5. The number of pyridine rings is 1. The van der Waals surface area contributed by atoms with E-state index in [-0.39, 0.29) is 17.5 Å². The van der Waals surface area contributed by atoms with Crippen molar-refractivity contribution >= 4 is 23.5 Å². The molecule has 1 amide bonds. The van der Waals surface area contributed by atoms with Gasteiger partial charge in [-0.05, 0) is 38.5 Å². The van der Waals surface area contributed by atoms with Crippen LogP contribution in [0.3, 0.4) is 0 Å². The number of hydrogen-bond acceptors (Lipinski definition) is 5. The normalized spacial score (nSPS) is 11.7. The van der Waals surface area contributed by atoms with Gasteiger partial charge in [0.15, 0.2) is 6.04 Å². The summed E-state index contributed by atoms with van der Waals surface area (Å²) in [5.74, 6) is -1.08. The Hall–Kier alpha value is -3.19. The fraction of sp³-hybridized carbons (Fsp3) is 0.273. The Balaban J connectivity index is 1.94. The molecule has 0 saturated heterocycles. The molecule has 0 fully saturated rings. The quantitative estimate of drug-likeness (QED) is 0.460. The zero-order valence-corrected chi connectivity index (χ0v) is 17.8. The van der Waals surface area contributed by atoms with Gasteiger partial charge in [-0.2, -0.15) is 5.10 Å². The van der Waals surface area contributed by atoms with Crippen LogP contribution in [0, 0.1) is 13.8 Å². The van der Waals surface area contributed by atoms with E-state index in [1.807, 2.05) is 41.9 Å². The Morgan fingerprint density at radius 3 is 2.53 bits per heavy atom. The van der Waals surface area contributed by atoms with Gasteiger partial charge in [0.1, 0.15) is 10.8 Å². The molecule has 1 atom stereocenters. The number of carbonyl (C=O) groups is 2. The lowest BCUT2D eigenvalue weighted by Gasteiger charge is -2.18. The molecule has 0 aliphatic rings. The van der Waals surface area contributed by atoms with E-state index < -0.39 is 17.9 Å². The minimum Gasteiger partial charge on any atom is -0.464 e. The molecule has 3 rings (SSSR count). The smallest absolute Gasteiger partial charge is 0.333 e. The molecule has 2 aromatic heterocycles. The summed E-state index contributed by atoms with van der Waals surface area (Å²) in [5, 5.41) is 7.51. The van der Waals surface area contributed by atoms with Gasteiger partial charge in [0.2, 0.25) is 0 Å². The van der Waals surface area contributed by atoms with Crippen molar-refractivity contribution in [2.75, 3.05) is 6.61 Å². The first-order chi connectivity index (χ1) is 14.4. The number of hydrogen-bond donors (Lipinski definition) is 1. The molecule has 3 aromatic rings. The van der Waals surface area contributed by atoms with Crippen LogP contribution >= 0.6 is 11.6 Å². The monoisotopic (exact) mass is 426 g/mol. The van der Waals surface area contributed by atoms with Crippen molar-refractivity contribution in [3.05, 3.63) is 81.9 Å². The standard InChI is InChI=1S/C22H23ClN4O3/c1-4-30-22(29)20(25-21(28)17-11-8-12-18(23)24-17)19-14(2)26-27(15(19)3)13-16-9-6-5-7-10-16/h5-12,20H,4,13H2,1-3H3,(H,25,28)/t20-/m1/s1. The van der Waals surface area contributed by atoms with Gasteiger partial charge in [-0.25, -0.2) is 9.78 Å². The molecule has 0 spiro atoms. The Kier molecular flexibility index (Phi) is 6.84. The van der Waals surface area contributed by atoms with E-state index in [2.05, 4.69) is 15.4 Å². The Morgan fingerprint density at radius 2 is 1.87 bits per heavy atom. The first-order valence-electron chi connectivity index (χ1n) is 9.58. The lowest BCUT2D eigenvalue weighted by Crippen LogP contribution is -2.36. The molecule has 0 aliphatic heterocycles. The summed E-state index contributed by atoms with van der Waals surface area (Å²) in [7, 11) is 0. The van der Waals surface area contributed by atoms with E-state index in [1.54, 1.807) is 26.0 Å². The average molecular weight is 427 g/mol. The molecule has 1 N–H and O–H groups in total. The molecule has 7 nitrogen and oxygen atoms in total. The summed E-state index contributed by atoms with van der Waals surface area (Å²) < 4.78 is 7.03. The molecule has 0 unspecified atom stereocenters. The third kappa shape index (κ3) is 4.86. The van der Waals surface area contributed by atoms with Gasteiger partial charge < -0.3 is 10.1 Å². The van der Waals surface area contributed by atoms with Crippen molar-refractivity contribution in [1.29, 1.82) is 0 Å². The van der Waals surface area contributed by atoms with E-state index in [4.69, 9.17) is 16.3 Å². The van der Waals surface area contributed by atoms with Gasteiger partial charge in [-0.1, -0.05) is 48.0 Å². The van der Waals surface area contributed by atoms with Crippen LogP contribution in [-0.2, 0) is 16.1 Å². The van der Waals surface area contributed by atoms with Gasteiger partial charge in [0.25, 0.3) is 5.91 Å². The number of ether oxygens (including phenoxy) is 1. The molecule has 2 heterocycles. The maximum absolute atomic E-state index is 12.7. The number of amides is 1.